The van der Waals surface area contributed by atoms with Gasteiger partial charge in [0.25, 0.3) is 0 Å². The highest BCUT2D eigenvalue weighted by molar-refractivity contribution is 8.01. The lowest BCUT2D eigenvalue weighted by atomic mass is 10.2. The van der Waals surface area contributed by atoms with Gasteiger partial charge in [-0.3, -0.25) is 4.79 Å². The molecule has 0 saturated heterocycles. The maximum absolute atomic E-state index is 12.8. The first kappa shape index (κ1) is 18.2. The van der Waals surface area contributed by atoms with Crippen molar-refractivity contribution in [2.45, 2.75) is 14.0 Å². The van der Waals surface area contributed by atoms with Gasteiger partial charge < -0.3 is 10.8 Å². The van der Waals surface area contributed by atoms with Gasteiger partial charge in [-0.1, -0.05) is 12.1 Å². The van der Waals surface area contributed by atoms with E-state index in [0.29, 0.717) is 10.5 Å². The van der Waals surface area contributed by atoms with Gasteiger partial charge in [0.2, 0.25) is 9.84 Å². The Morgan fingerprint density at radius 3 is 2.67 bits per heavy atom. The van der Waals surface area contributed by atoms with Crippen LogP contribution >= 0.6 is 23.1 Å². The highest BCUT2D eigenvalue weighted by Gasteiger charge is 2.25. The number of benzene rings is 1. The molecule has 0 radical (unpaired) electrons. The van der Waals surface area contributed by atoms with Crippen molar-refractivity contribution >= 4 is 51.2 Å². The number of rotatable bonds is 5. The second-order valence-electron chi connectivity index (χ2n) is 4.44. The van der Waals surface area contributed by atoms with Crippen molar-refractivity contribution in [2.24, 2.45) is 10.7 Å². The number of carbonyl (C=O) groups excluding carboxylic acids is 1. The Balaban J connectivity index is 2.60. The molecule has 2 rings (SSSR count). The molecule has 24 heavy (non-hydrogen) atoms. The van der Waals surface area contributed by atoms with E-state index in [-0.39, 0.29) is 26.1 Å². The number of aldehydes is 1. The predicted molar refractivity (Wildman–Crippen MR) is 92.1 cm³/mol. The first-order valence-corrected chi connectivity index (χ1v) is 9.87. The average Bonchev–Trinajstić information content (AvgIpc) is 2.99. The zero-order valence-electron chi connectivity index (χ0n) is 12.3. The summed E-state index contributed by atoms with van der Waals surface area (Å²) in [6, 6.07) is 6.93. The molecule has 0 spiro atoms. The summed E-state index contributed by atoms with van der Waals surface area (Å²) < 4.78 is 26.1. The Morgan fingerprint density at radius 1 is 1.38 bits per heavy atom. The van der Waals surface area contributed by atoms with Crippen LogP contribution in [-0.4, -0.2) is 38.0 Å². The maximum Gasteiger partial charge on any atom is 0.433 e. The summed E-state index contributed by atoms with van der Waals surface area (Å²) in [7, 11) is -3.88. The molecular weight excluding hydrogens is 372 g/mol. The minimum Gasteiger partial charge on any atom is -0.463 e. The van der Waals surface area contributed by atoms with Crippen molar-refractivity contribution in [3.8, 4) is 0 Å². The Labute approximate surface area is 146 Å². The van der Waals surface area contributed by atoms with Crippen LogP contribution in [0.5, 0.6) is 0 Å². The number of hydrogen-bond donors (Lipinski definition) is 2. The average molecular weight is 384 g/mol. The Bertz CT molecular complexity index is 932. The van der Waals surface area contributed by atoms with Crippen molar-refractivity contribution in [2.75, 3.05) is 6.26 Å². The molecule has 0 bridgehead atoms. The second kappa shape index (κ2) is 7.16. The summed E-state index contributed by atoms with van der Waals surface area (Å²) in [5.41, 5.74) is 5.83. The normalized spacial score (nSPS) is 12.1. The lowest BCUT2D eigenvalue weighted by Crippen LogP contribution is -2.13. The molecule has 2 aromatic rings. The van der Waals surface area contributed by atoms with Gasteiger partial charge in [-0.2, -0.15) is 4.99 Å². The SMILES string of the molecule is CSc1sc(/C(N)=N\C(=O)O)cc1S(=O)(=O)c1cccc(C=O)c1. The number of hydrogen-bond acceptors (Lipinski definition) is 6. The van der Waals surface area contributed by atoms with Gasteiger partial charge >= 0.3 is 6.09 Å². The number of amides is 1. The first-order chi connectivity index (χ1) is 11.3. The Kier molecular flexibility index (Phi) is 5.42. The minimum absolute atomic E-state index is 0.00147. The lowest BCUT2D eigenvalue weighted by molar-refractivity contribution is 0.112. The third kappa shape index (κ3) is 3.66. The molecular formula is C14H12N2O5S3. The fourth-order valence-corrected chi connectivity index (χ4v) is 5.81. The molecule has 0 unspecified atom stereocenters. The first-order valence-electron chi connectivity index (χ1n) is 6.35. The van der Waals surface area contributed by atoms with E-state index in [0.717, 1.165) is 11.3 Å². The molecule has 1 aromatic heterocycles. The molecule has 1 aromatic carbocycles. The van der Waals surface area contributed by atoms with Crippen LogP contribution in [0.25, 0.3) is 0 Å². The van der Waals surface area contributed by atoms with Gasteiger partial charge in [-0.25, -0.2) is 13.2 Å². The molecule has 1 amide bonds. The topological polar surface area (TPSA) is 127 Å². The zero-order chi connectivity index (χ0) is 17.9. The van der Waals surface area contributed by atoms with Crippen molar-refractivity contribution < 1.29 is 23.1 Å². The van der Waals surface area contributed by atoms with E-state index in [2.05, 4.69) is 4.99 Å². The van der Waals surface area contributed by atoms with Crippen LogP contribution in [0, 0.1) is 0 Å². The number of thioether (sulfide) groups is 1. The van der Waals surface area contributed by atoms with Crippen LogP contribution in [0.15, 0.2) is 49.3 Å². The maximum atomic E-state index is 12.8. The number of aliphatic imine (C=N–C) groups is 1. The van der Waals surface area contributed by atoms with Crippen molar-refractivity contribution in [3.05, 3.63) is 40.8 Å². The fraction of sp³-hybridized carbons (Fsp3) is 0.0714. The van der Waals surface area contributed by atoms with E-state index < -0.39 is 15.9 Å². The summed E-state index contributed by atoms with van der Waals surface area (Å²) in [5, 5.41) is 8.65. The fourth-order valence-electron chi connectivity index (χ4n) is 1.85. The standard InChI is InChI=1S/C14H12N2O5S3/c1-22-13-11(6-10(23-13)12(15)16-14(18)19)24(20,21)9-4-2-3-8(5-9)7-17/h2-7H,1H3,(H2,15,16)(H,18,19). The van der Waals surface area contributed by atoms with Gasteiger partial charge in [-0.15, -0.1) is 23.1 Å². The van der Waals surface area contributed by atoms with Crippen LogP contribution in [0.2, 0.25) is 0 Å². The van der Waals surface area contributed by atoms with E-state index in [1.807, 2.05) is 0 Å². The molecule has 0 aliphatic carbocycles. The quantitative estimate of drug-likeness (QED) is 0.351. The molecule has 7 nitrogen and oxygen atoms in total. The summed E-state index contributed by atoms with van der Waals surface area (Å²) >= 11 is 2.23. The molecule has 3 N–H and O–H groups in total. The lowest BCUT2D eigenvalue weighted by Gasteiger charge is -2.05. The van der Waals surface area contributed by atoms with Crippen molar-refractivity contribution in [1.82, 2.24) is 0 Å². The Morgan fingerprint density at radius 2 is 2.08 bits per heavy atom. The van der Waals surface area contributed by atoms with Crippen molar-refractivity contribution in [3.63, 3.8) is 0 Å². The third-order valence-electron chi connectivity index (χ3n) is 2.91. The Hall–Kier alpha value is -2.17. The molecule has 0 aliphatic heterocycles. The van der Waals surface area contributed by atoms with Gasteiger partial charge in [0, 0.05) is 5.56 Å². The molecule has 10 heteroatoms. The highest BCUT2D eigenvalue weighted by Crippen LogP contribution is 2.37. The van der Waals surface area contributed by atoms with E-state index >= 15 is 0 Å². The molecule has 0 aliphatic rings. The van der Waals surface area contributed by atoms with Crippen LogP contribution < -0.4 is 5.73 Å². The number of amidine groups is 1. The number of carbonyl (C=O) groups is 2. The largest absolute Gasteiger partial charge is 0.463 e. The molecule has 0 atom stereocenters. The number of thiophene rings is 1. The molecule has 126 valence electrons. The van der Waals surface area contributed by atoms with Gasteiger partial charge in [0.1, 0.15) is 12.1 Å². The minimum atomic E-state index is -3.88. The summed E-state index contributed by atoms with van der Waals surface area (Å²) in [6.07, 6.45) is 0.793. The second-order valence-corrected chi connectivity index (χ2v) is 8.49. The molecule has 0 saturated carbocycles. The smallest absolute Gasteiger partial charge is 0.433 e. The number of nitrogens with zero attached hydrogens (tertiary/aromatic N) is 1. The van der Waals surface area contributed by atoms with E-state index in [1.165, 1.54) is 42.1 Å². The van der Waals surface area contributed by atoms with E-state index in [4.69, 9.17) is 10.8 Å². The predicted octanol–water partition coefficient (Wildman–Crippen LogP) is 2.50. The van der Waals surface area contributed by atoms with Crippen LogP contribution in [0.3, 0.4) is 0 Å². The van der Waals surface area contributed by atoms with Gasteiger partial charge in [-0.05, 0) is 24.5 Å². The highest BCUT2D eigenvalue weighted by atomic mass is 32.2. The van der Waals surface area contributed by atoms with Gasteiger partial charge in [0.15, 0.2) is 0 Å². The van der Waals surface area contributed by atoms with Crippen LogP contribution in [-0.2, 0) is 9.84 Å². The number of carboxylic acid groups (broad SMARTS) is 1. The summed E-state index contributed by atoms with van der Waals surface area (Å²) in [4.78, 5) is 24.9. The molecule has 1 heterocycles. The zero-order valence-corrected chi connectivity index (χ0v) is 14.7. The monoisotopic (exact) mass is 384 g/mol. The van der Waals surface area contributed by atoms with Gasteiger partial charge in [0.05, 0.1) is 18.9 Å². The van der Waals surface area contributed by atoms with E-state index in [1.54, 1.807) is 6.26 Å². The number of sulfone groups is 1. The van der Waals surface area contributed by atoms with Crippen molar-refractivity contribution in [1.29, 1.82) is 0 Å². The summed E-state index contributed by atoms with van der Waals surface area (Å²) in [6.45, 7) is 0. The number of nitrogens with two attached hydrogens (primary N) is 1. The third-order valence-corrected chi connectivity index (χ3v) is 7.24. The molecule has 0 fully saturated rings. The van der Waals surface area contributed by atoms with Crippen LogP contribution in [0.4, 0.5) is 4.79 Å². The summed E-state index contributed by atoms with van der Waals surface area (Å²) in [5.74, 6) is -0.272. The van der Waals surface area contributed by atoms with E-state index in [9.17, 15) is 18.0 Å². The van der Waals surface area contributed by atoms with Crippen LogP contribution in [0.1, 0.15) is 15.2 Å².